The minimum Gasteiger partial charge on any atom is -0.495 e. The lowest BCUT2D eigenvalue weighted by atomic mass is 10.1. The molecule has 0 aliphatic rings. The maximum atomic E-state index is 13.0. The number of carbonyl (C=O) groups is 1. The van der Waals surface area contributed by atoms with Crippen LogP contribution in [-0.4, -0.2) is 35.3 Å². The van der Waals surface area contributed by atoms with Crippen molar-refractivity contribution < 1.29 is 9.53 Å². The van der Waals surface area contributed by atoms with E-state index in [2.05, 4.69) is 29.6 Å². The van der Waals surface area contributed by atoms with E-state index in [-0.39, 0.29) is 5.91 Å². The molecule has 2 N–H and O–H groups in total. The SMILES string of the molecule is CCn1nc(C)c(CCN=C(NC(=O)c2cc(C)cc(C)c2)Nc2ccccc2OC)c1C. The Morgan fingerprint density at radius 2 is 1.79 bits per heavy atom. The number of nitrogens with zero attached hydrogens (tertiary/aromatic N) is 3. The van der Waals surface area contributed by atoms with E-state index >= 15 is 0 Å². The third kappa shape index (κ3) is 6.00. The molecule has 3 rings (SSSR count). The monoisotopic (exact) mass is 447 g/mol. The molecule has 0 unspecified atom stereocenters. The molecular weight excluding hydrogens is 414 g/mol. The zero-order chi connectivity index (χ0) is 24.0. The van der Waals surface area contributed by atoms with E-state index in [1.165, 1.54) is 5.56 Å². The molecule has 2 aromatic carbocycles. The van der Waals surface area contributed by atoms with E-state index in [1.807, 2.05) is 67.9 Å². The summed E-state index contributed by atoms with van der Waals surface area (Å²) in [6, 6.07) is 13.3. The van der Waals surface area contributed by atoms with Gasteiger partial charge in [-0.05, 0) is 70.9 Å². The van der Waals surface area contributed by atoms with Gasteiger partial charge in [-0.3, -0.25) is 19.8 Å². The number of nitrogens with one attached hydrogen (secondary N) is 2. The van der Waals surface area contributed by atoms with Gasteiger partial charge in [0.15, 0.2) is 0 Å². The molecule has 1 amide bonds. The molecule has 0 saturated heterocycles. The molecule has 0 bridgehead atoms. The number of benzene rings is 2. The zero-order valence-corrected chi connectivity index (χ0v) is 20.3. The van der Waals surface area contributed by atoms with Crippen molar-refractivity contribution in [3.63, 3.8) is 0 Å². The Labute approximate surface area is 195 Å². The molecular formula is C26H33N5O2. The van der Waals surface area contributed by atoms with E-state index in [0.717, 1.165) is 41.2 Å². The molecule has 0 spiro atoms. The lowest BCUT2D eigenvalue weighted by Gasteiger charge is -2.15. The fourth-order valence-corrected chi connectivity index (χ4v) is 3.95. The van der Waals surface area contributed by atoms with E-state index in [0.29, 0.717) is 23.8 Å². The third-order valence-corrected chi connectivity index (χ3v) is 5.54. The molecule has 0 radical (unpaired) electrons. The maximum Gasteiger partial charge on any atom is 0.257 e. The normalized spacial score (nSPS) is 11.4. The van der Waals surface area contributed by atoms with Crippen molar-refractivity contribution in [3.8, 4) is 5.75 Å². The van der Waals surface area contributed by atoms with Crippen molar-refractivity contribution in [3.05, 3.63) is 76.1 Å². The molecule has 7 nitrogen and oxygen atoms in total. The fourth-order valence-electron chi connectivity index (χ4n) is 3.95. The Bertz CT molecular complexity index is 1140. The van der Waals surface area contributed by atoms with Gasteiger partial charge in [-0.2, -0.15) is 5.10 Å². The van der Waals surface area contributed by atoms with Crippen LogP contribution in [0.1, 0.15) is 45.4 Å². The number of ether oxygens (including phenoxy) is 1. The molecule has 33 heavy (non-hydrogen) atoms. The summed E-state index contributed by atoms with van der Waals surface area (Å²) in [5, 5.41) is 10.8. The Balaban J connectivity index is 1.84. The number of aliphatic imine (C=N–C) groups is 1. The molecule has 0 fully saturated rings. The summed E-state index contributed by atoms with van der Waals surface area (Å²) in [6.45, 7) is 11.5. The number of rotatable bonds is 7. The van der Waals surface area contributed by atoms with Crippen LogP contribution in [0.2, 0.25) is 0 Å². The summed E-state index contributed by atoms with van der Waals surface area (Å²) in [4.78, 5) is 17.7. The Morgan fingerprint density at radius 1 is 1.09 bits per heavy atom. The predicted octanol–water partition coefficient (Wildman–Crippen LogP) is 4.59. The summed E-state index contributed by atoms with van der Waals surface area (Å²) in [5.74, 6) is 0.831. The van der Waals surface area contributed by atoms with Crippen molar-refractivity contribution in [1.82, 2.24) is 15.1 Å². The second-order valence-electron chi connectivity index (χ2n) is 8.10. The number of hydrogen-bond donors (Lipinski definition) is 2. The average Bonchev–Trinajstić information content (AvgIpc) is 3.06. The first-order valence-corrected chi connectivity index (χ1v) is 11.2. The second kappa shape index (κ2) is 10.8. The highest BCUT2D eigenvalue weighted by Gasteiger charge is 2.14. The number of carbonyl (C=O) groups excluding carboxylic acids is 1. The van der Waals surface area contributed by atoms with Crippen LogP contribution < -0.4 is 15.4 Å². The maximum absolute atomic E-state index is 13.0. The largest absolute Gasteiger partial charge is 0.495 e. The lowest BCUT2D eigenvalue weighted by Crippen LogP contribution is -2.36. The van der Waals surface area contributed by atoms with Crippen LogP contribution >= 0.6 is 0 Å². The van der Waals surface area contributed by atoms with Gasteiger partial charge in [0, 0.05) is 24.3 Å². The van der Waals surface area contributed by atoms with Crippen LogP contribution in [0.4, 0.5) is 5.69 Å². The van der Waals surface area contributed by atoms with Crippen molar-refractivity contribution in [2.45, 2.75) is 47.6 Å². The first-order chi connectivity index (χ1) is 15.8. The summed E-state index contributed by atoms with van der Waals surface area (Å²) in [5.41, 5.74) is 6.76. The third-order valence-electron chi connectivity index (χ3n) is 5.54. The van der Waals surface area contributed by atoms with Gasteiger partial charge in [-0.1, -0.05) is 29.3 Å². The Hall–Kier alpha value is -3.61. The van der Waals surface area contributed by atoms with Crippen molar-refractivity contribution >= 4 is 17.6 Å². The zero-order valence-electron chi connectivity index (χ0n) is 20.3. The van der Waals surface area contributed by atoms with Crippen molar-refractivity contribution in [1.29, 1.82) is 0 Å². The van der Waals surface area contributed by atoms with Gasteiger partial charge >= 0.3 is 0 Å². The van der Waals surface area contributed by atoms with Gasteiger partial charge in [0.1, 0.15) is 5.75 Å². The fraction of sp³-hybridized carbons (Fsp3) is 0.346. The number of para-hydroxylation sites is 2. The minimum absolute atomic E-state index is 0.214. The lowest BCUT2D eigenvalue weighted by molar-refractivity contribution is 0.0976. The standard InChI is InChI=1S/C26H33N5O2/c1-7-31-20(5)22(19(4)30-31)12-13-27-26(28-23-10-8-9-11-24(23)33-6)29-25(32)21-15-17(2)14-18(3)16-21/h8-11,14-16H,7,12-13H2,1-6H3,(H2,27,28,29,32). The first kappa shape index (κ1) is 24.0. The van der Waals surface area contributed by atoms with Gasteiger partial charge in [0.05, 0.1) is 18.5 Å². The molecule has 3 aromatic rings. The Morgan fingerprint density at radius 3 is 2.42 bits per heavy atom. The van der Waals surface area contributed by atoms with Gasteiger partial charge < -0.3 is 10.1 Å². The average molecular weight is 448 g/mol. The quantitative estimate of drug-likeness (QED) is 0.410. The van der Waals surface area contributed by atoms with E-state index in [1.54, 1.807) is 7.11 Å². The molecule has 1 heterocycles. The van der Waals surface area contributed by atoms with Gasteiger partial charge in [0.2, 0.25) is 5.96 Å². The smallest absolute Gasteiger partial charge is 0.257 e. The molecule has 7 heteroatoms. The Kier molecular flexibility index (Phi) is 7.87. The summed E-state index contributed by atoms with van der Waals surface area (Å²) < 4.78 is 7.45. The minimum atomic E-state index is -0.214. The number of hydrogen-bond acceptors (Lipinski definition) is 4. The molecule has 0 atom stereocenters. The number of aryl methyl sites for hydroxylation is 4. The van der Waals surface area contributed by atoms with Gasteiger partial charge in [-0.15, -0.1) is 0 Å². The van der Waals surface area contributed by atoms with Crippen LogP contribution in [0.25, 0.3) is 0 Å². The molecule has 1 aromatic heterocycles. The highest BCUT2D eigenvalue weighted by Crippen LogP contribution is 2.23. The molecule has 174 valence electrons. The van der Waals surface area contributed by atoms with Crippen LogP contribution in [0, 0.1) is 27.7 Å². The molecule has 0 saturated carbocycles. The summed E-state index contributed by atoms with van der Waals surface area (Å²) in [6.07, 6.45) is 0.730. The van der Waals surface area contributed by atoms with Crippen LogP contribution in [0.3, 0.4) is 0 Å². The van der Waals surface area contributed by atoms with E-state index in [4.69, 9.17) is 9.73 Å². The second-order valence-corrected chi connectivity index (χ2v) is 8.10. The highest BCUT2D eigenvalue weighted by atomic mass is 16.5. The van der Waals surface area contributed by atoms with Crippen molar-refractivity contribution in [2.75, 3.05) is 19.0 Å². The number of anilines is 1. The number of methoxy groups -OCH3 is 1. The van der Waals surface area contributed by atoms with E-state index in [9.17, 15) is 4.79 Å². The van der Waals surface area contributed by atoms with Crippen LogP contribution in [-0.2, 0) is 13.0 Å². The topological polar surface area (TPSA) is 80.5 Å². The summed E-state index contributed by atoms with van der Waals surface area (Å²) in [7, 11) is 1.61. The van der Waals surface area contributed by atoms with Crippen LogP contribution in [0.5, 0.6) is 5.75 Å². The number of guanidine groups is 1. The predicted molar refractivity (Wildman–Crippen MR) is 133 cm³/mol. The van der Waals surface area contributed by atoms with Gasteiger partial charge in [-0.25, -0.2) is 0 Å². The van der Waals surface area contributed by atoms with Crippen molar-refractivity contribution in [2.24, 2.45) is 4.99 Å². The molecule has 0 aliphatic carbocycles. The van der Waals surface area contributed by atoms with Crippen LogP contribution in [0.15, 0.2) is 47.5 Å². The number of aromatic nitrogens is 2. The van der Waals surface area contributed by atoms with Gasteiger partial charge in [0.25, 0.3) is 5.91 Å². The van der Waals surface area contributed by atoms with E-state index < -0.39 is 0 Å². The summed E-state index contributed by atoms with van der Waals surface area (Å²) >= 11 is 0. The number of amides is 1. The first-order valence-electron chi connectivity index (χ1n) is 11.2. The highest BCUT2D eigenvalue weighted by molar-refractivity contribution is 6.10. The molecule has 0 aliphatic heterocycles.